The monoisotopic (exact) mass is 820 g/mol. The Kier molecular flexibility index (Phi) is 16.1. The molecule has 1 N–H and O–H groups in total. The minimum atomic E-state index is -0.612. The second-order valence-corrected chi connectivity index (χ2v) is 20.5. The summed E-state index contributed by atoms with van der Waals surface area (Å²) < 4.78 is 23.0. The Labute approximate surface area is 354 Å². The van der Waals surface area contributed by atoms with E-state index >= 15 is 0 Å². The van der Waals surface area contributed by atoms with Crippen LogP contribution in [0.3, 0.4) is 0 Å². The van der Waals surface area contributed by atoms with Crippen molar-refractivity contribution in [1.29, 1.82) is 0 Å². The van der Waals surface area contributed by atoms with E-state index in [2.05, 4.69) is 53.8 Å². The van der Waals surface area contributed by atoms with Gasteiger partial charge in [-0.05, 0) is 169 Å². The van der Waals surface area contributed by atoms with Crippen molar-refractivity contribution < 1.29 is 38.1 Å². The summed E-state index contributed by atoms with van der Waals surface area (Å²) in [5.74, 6) is -1.27. The van der Waals surface area contributed by atoms with Crippen molar-refractivity contribution >= 4 is 24.1 Å². The number of hydrogen-bond donors (Lipinski definition) is 1. The summed E-state index contributed by atoms with van der Waals surface area (Å²) >= 11 is 0. The van der Waals surface area contributed by atoms with E-state index in [1.165, 1.54) is 11.1 Å². The summed E-state index contributed by atoms with van der Waals surface area (Å²) in [4.78, 5) is 56.2. The molecule has 4 rings (SSSR count). The van der Waals surface area contributed by atoms with E-state index in [-0.39, 0.29) is 47.8 Å². The van der Waals surface area contributed by atoms with Crippen LogP contribution in [-0.4, -0.2) is 95.6 Å². The van der Waals surface area contributed by atoms with Crippen LogP contribution in [0.2, 0.25) is 0 Å². The minimum Gasteiger partial charge on any atom is -0.460 e. The lowest BCUT2D eigenvalue weighted by Crippen LogP contribution is -2.38. The van der Waals surface area contributed by atoms with Crippen molar-refractivity contribution in [2.24, 2.45) is 23.7 Å². The molecule has 2 heterocycles. The van der Waals surface area contributed by atoms with Crippen molar-refractivity contribution in [1.82, 2.24) is 15.1 Å². The molecule has 0 spiro atoms. The highest BCUT2D eigenvalue weighted by Gasteiger charge is 2.40. The van der Waals surface area contributed by atoms with Crippen molar-refractivity contribution in [3.8, 4) is 0 Å². The van der Waals surface area contributed by atoms with Crippen molar-refractivity contribution in [2.75, 3.05) is 39.3 Å². The van der Waals surface area contributed by atoms with Crippen molar-refractivity contribution in [2.45, 2.75) is 144 Å². The molecular formula is C48H73N3O8. The molecule has 0 bridgehead atoms. The lowest BCUT2D eigenvalue weighted by molar-refractivity contribution is -0.163. The number of carbonyl (C=O) groups is 4. The van der Waals surface area contributed by atoms with Gasteiger partial charge in [0.25, 0.3) is 0 Å². The number of hydrogen-bond acceptors (Lipinski definition) is 9. The van der Waals surface area contributed by atoms with Crippen LogP contribution in [0.5, 0.6) is 0 Å². The molecule has 2 saturated heterocycles. The zero-order chi connectivity index (χ0) is 43.8. The fourth-order valence-electron chi connectivity index (χ4n) is 7.78. The topological polar surface area (TPSA) is 124 Å². The van der Waals surface area contributed by atoms with Crippen LogP contribution in [0.1, 0.15) is 118 Å². The molecule has 2 aromatic rings. The highest BCUT2D eigenvalue weighted by molar-refractivity contribution is 5.75. The van der Waals surface area contributed by atoms with Gasteiger partial charge in [-0.1, -0.05) is 48.5 Å². The van der Waals surface area contributed by atoms with Crippen LogP contribution in [-0.2, 0) is 54.2 Å². The number of carbonyl (C=O) groups excluding carboxylic acids is 4. The predicted molar refractivity (Wildman–Crippen MR) is 231 cm³/mol. The molecule has 328 valence electrons. The highest BCUT2D eigenvalue weighted by atomic mass is 16.6. The fraction of sp³-hybridized carbons (Fsp3) is 0.667. The van der Waals surface area contributed by atoms with Gasteiger partial charge in [0.15, 0.2) is 0 Å². The van der Waals surface area contributed by atoms with Gasteiger partial charge in [-0.3, -0.25) is 9.59 Å². The van der Waals surface area contributed by atoms with Gasteiger partial charge < -0.3 is 34.1 Å². The average Bonchev–Trinajstić information content (AvgIpc) is 3.78. The van der Waals surface area contributed by atoms with Gasteiger partial charge in [-0.2, -0.15) is 0 Å². The SMILES string of the molecule is CC(C)(C)OC(=O)[C@@H](Cc1cccc(CCNCCc2cccc(C[C@H](C(=O)OC(C)(C)C)[C@H]3CCN(C(=O)OC(C)(C)C)C3)c2)c1)[C@H]1CCN(C(=O)OC(C)(C)C)C1. The molecule has 11 heteroatoms. The van der Waals surface area contributed by atoms with E-state index in [1.54, 1.807) is 9.80 Å². The van der Waals surface area contributed by atoms with Gasteiger partial charge in [0.2, 0.25) is 0 Å². The summed E-state index contributed by atoms with van der Waals surface area (Å²) in [6, 6.07) is 16.8. The standard InChI is InChI=1S/C48H73N3O8/c1-45(2,3)56-41(52)39(37-21-25-50(31-37)43(54)58-47(7,8)9)29-35-17-13-15-33(27-35)19-23-49-24-20-34-16-14-18-36(28-34)30-40(42(53)57-46(4,5)6)38-22-26-51(32-38)44(55)59-48(10,11)12/h13-18,27-28,37-40,49H,19-26,29-32H2,1-12H3/t37-,38-,39-,40-/m0/s1. The summed E-state index contributed by atoms with van der Waals surface area (Å²) in [6.45, 7) is 26.1. The zero-order valence-corrected chi connectivity index (χ0v) is 38.1. The van der Waals surface area contributed by atoms with Gasteiger partial charge in [0, 0.05) is 26.2 Å². The Balaban J connectivity index is 1.32. The highest BCUT2D eigenvalue weighted by Crippen LogP contribution is 2.32. The average molecular weight is 820 g/mol. The van der Waals surface area contributed by atoms with E-state index in [4.69, 9.17) is 18.9 Å². The summed E-state index contributed by atoms with van der Waals surface area (Å²) in [5.41, 5.74) is 2.13. The largest absolute Gasteiger partial charge is 0.460 e. The molecule has 2 aromatic carbocycles. The van der Waals surface area contributed by atoms with Gasteiger partial charge in [-0.15, -0.1) is 0 Å². The second kappa shape index (κ2) is 20.0. The van der Waals surface area contributed by atoms with E-state index in [9.17, 15) is 19.2 Å². The van der Waals surface area contributed by atoms with E-state index < -0.39 is 22.4 Å². The molecule has 0 aromatic heterocycles. The summed E-state index contributed by atoms with van der Waals surface area (Å²) in [7, 11) is 0. The minimum absolute atomic E-state index is 0.0263. The molecule has 2 fully saturated rings. The van der Waals surface area contributed by atoms with Crippen LogP contribution < -0.4 is 5.32 Å². The number of ether oxygens (including phenoxy) is 4. The van der Waals surface area contributed by atoms with Gasteiger partial charge in [0.05, 0.1) is 11.8 Å². The predicted octanol–water partition coefficient (Wildman–Crippen LogP) is 8.58. The first-order valence-corrected chi connectivity index (χ1v) is 21.6. The zero-order valence-electron chi connectivity index (χ0n) is 38.1. The Hall–Kier alpha value is -4.12. The number of esters is 2. The third-order valence-corrected chi connectivity index (χ3v) is 10.4. The molecule has 0 radical (unpaired) electrons. The number of benzene rings is 2. The Morgan fingerprint density at radius 1 is 0.559 bits per heavy atom. The normalized spacial score (nSPS) is 18.6. The van der Waals surface area contributed by atoms with Gasteiger partial charge >= 0.3 is 24.1 Å². The molecule has 0 saturated carbocycles. The van der Waals surface area contributed by atoms with E-state index in [0.29, 0.717) is 39.0 Å². The van der Waals surface area contributed by atoms with Crippen molar-refractivity contribution in [3.63, 3.8) is 0 Å². The lowest BCUT2D eigenvalue weighted by Gasteiger charge is -2.28. The number of likely N-dealkylation sites (tertiary alicyclic amines) is 2. The molecule has 2 amide bonds. The van der Waals surface area contributed by atoms with Crippen LogP contribution in [0.25, 0.3) is 0 Å². The molecule has 0 unspecified atom stereocenters. The van der Waals surface area contributed by atoms with Gasteiger partial charge in [0.1, 0.15) is 22.4 Å². The van der Waals surface area contributed by atoms with Gasteiger partial charge in [-0.25, -0.2) is 9.59 Å². The first kappa shape index (κ1) is 47.6. The van der Waals surface area contributed by atoms with Crippen molar-refractivity contribution in [3.05, 3.63) is 70.8 Å². The van der Waals surface area contributed by atoms with E-state index in [0.717, 1.165) is 49.9 Å². The van der Waals surface area contributed by atoms with E-state index in [1.807, 2.05) is 83.1 Å². The lowest BCUT2D eigenvalue weighted by atomic mass is 9.85. The first-order chi connectivity index (χ1) is 27.3. The van der Waals surface area contributed by atoms with Crippen LogP contribution in [0, 0.1) is 23.7 Å². The smallest absolute Gasteiger partial charge is 0.410 e. The van der Waals surface area contributed by atoms with Crippen LogP contribution in [0.4, 0.5) is 9.59 Å². The first-order valence-electron chi connectivity index (χ1n) is 21.6. The molecule has 2 aliphatic rings. The Morgan fingerprint density at radius 3 is 1.24 bits per heavy atom. The number of rotatable bonds is 14. The number of nitrogens with zero attached hydrogens (tertiary/aromatic N) is 2. The van der Waals surface area contributed by atoms with Crippen LogP contribution in [0.15, 0.2) is 48.5 Å². The number of nitrogens with one attached hydrogen (secondary N) is 1. The van der Waals surface area contributed by atoms with Crippen LogP contribution >= 0.6 is 0 Å². The maximum absolute atomic E-state index is 13.6. The molecule has 0 aliphatic carbocycles. The molecule has 59 heavy (non-hydrogen) atoms. The fourth-order valence-corrected chi connectivity index (χ4v) is 7.78. The Morgan fingerprint density at radius 2 is 0.898 bits per heavy atom. The number of amides is 2. The third-order valence-electron chi connectivity index (χ3n) is 10.4. The second-order valence-electron chi connectivity index (χ2n) is 20.5. The molecular weight excluding hydrogens is 747 g/mol. The molecule has 11 nitrogen and oxygen atoms in total. The molecule has 4 atom stereocenters. The maximum atomic E-state index is 13.6. The quantitative estimate of drug-likeness (QED) is 0.113. The third kappa shape index (κ3) is 16.5. The molecule has 2 aliphatic heterocycles. The Bertz CT molecular complexity index is 1610. The maximum Gasteiger partial charge on any atom is 0.410 e. The summed E-state index contributed by atoms with van der Waals surface area (Å²) in [5, 5.41) is 3.60. The summed E-state index contributed by atoms with van der Waals surface area (Å²) in [6.07, 6.45) is 3.50.